The summed E-state index contributed by atoms with van der Waals surface area (Å²) in [5.74, 6) is 0.455. The van der Waals surface area contributed by atoms with Gasteiger partial charge in [0, 0.05) is 17.6 Å². The molecule has 2 amide bonds. The van der Waals surface area contributed by atoms with Crippen LogP contribution in [-0.2, 0) is 9.59 Å². The summed E-state index contributed by atoms with van der Waals surface area (Å²) >= 11 is 9.56. The topological polar surface area (TPSA) is 67.9 Å². The maximum absolute atomic E-state index is 12.3. The Morgan fingerprint density at radius 3 is 2.79 bits per heavy atom. The number of fused-ring (bicyclic) bond motifs is 1. The predicted octanol–water partition coefficient (Wildman–Crippen LogP) is 3.98. The average molecular weight is 466 g/mol. The molecule has 0 radical (unpaired) electrons. The zero-order chi connectivity index (χ0) is 20.1. The van der Waals surface area contributed by atoms with E-state index in [1.807, 2.05) is 18.2 Å². The Bertz CT molecular complexity index is 932. The number of halogens is 2. The molecule has 8 heteroatoms. The van der Waals surface area contributed by atoms with E-state index in [1.165, 1.54) is 11.0 Å². The SMILES string of the molecule is CN(CC(=O)Nc1ccccc1Br)C(=O)/C=C/c1cc(Cl)c2c(c1)OCCO2. The lowest BCUT2D eigenvalue weighted by Crippen LogP contribution is -2.33. The minimum atomic E-state index is -0.312. The molecule has 2 aromatic carbocycles. The molecule has 0 unspecified atom stereocenters. The maximum atomic E-state index is 12.3. The van der Waals surface area contributed by atoms with Crippen molar-refractivity contribution in [3.8, 4) is 11.5 Å². The molecule has 0 spiro atoms. The van der Waals surface area contributed by atoms with Crippen LogP contribution in [0.5, 0.6) is 11.5 Å². The monoisotopic (exact) mass is 464 g/mol. The van der Waals surface area contributed by atoms with E-state index in [1.54, 1.807) is 31.3 Å². The molecule has 0 saturated heterocycles. The number of carbonyl (C=O) groups excluding carboxylic acids is 2. The molecule has 0 bridgehead atoms. The minimum absolute atomic E-state index is 0.0770. The van der Waals surface area contributed by atoms with E-state index >= 15 is 0 Å². The highest BCUT2D eigenvalue weighted by Gasteiger charge is 2.16. The van der Waals surface area contributed by atoms with E-state index in [9.17, 15) is 9.59 Å². The van der Waals surface area contributed by atoms with E-state index < -0.39 is 0 Å². The zero-order valence-corrected chi connectivity index (χ0v) is 17.4. The van der Waals surface area contributed by atoms with Crippen LogP contribution in [0.4, 0.5) is 5.69 Å². The highest BCUT2D eigenvalue weighted by Crippen LogP contribution is 2.38. The molecule has 1 aliphatic rings. The molecule has 0 aliphatic carbocycles. The van der Waals surface area contributed by atoms with Gasteiger partial charge in [-0.2, -0.15) is 0 Å². The molecule has 146 valence electrons. The van der Waals surface area contributed by atoms with Crippen molar-refractivity contribution in [2.45, 2.75) is 0 Å². The number of nitrogens with zero attached hydrogens (tertiary/aromatic N) is 1. The van der Waals surface area contributed by atoms with E-state index in [0.29, 0.717) is 41.0 Å². The largest absolute Gasteiger partial charge is 0.486 e. The van der Waals surface area contributed by atoms with Gasteiger partial charge in [0.05, 0.1) is 17.3 Å². The Balaban J connectivity index is 1.60. The zero-order valence-electron chi connectivity index (χ0n) is 15.1. The fraction of sp³-hybridized carbons (Fsp3) is 0.200. The number of carbonyl (C=O) groups is 2. The number of anilines is 1. The van der Waals surface area contributed by atoms with Crippen molar-refractivity contribution in [2.75, 3.05) is 32.1 Å². The number of para-hydroxylation sites is 1. The van der Waals surface area contributed by atoms with Crippen molar-refractivity contribution in [3.05, 3.63) is 57.5 Å². The van der Waals surface area contributed by atoms with Gasteiger partial charge in [0.15, 0.2) is 11.5 Å². The van der Waals surface area contributed by atoms with Gasteiger partial charge in [0.1, 0.15) is 13.2 Å². The van der Waals surface area contributed by atoms with Crippen LogP contribution in [-0.4, -0.2) is 43.5 Å². The molecule has 28 heavy (non-hydrogen) atoms. The van der Waals surface area contributed by atoms with Crippen molar-refractivity contribution >= 4 is 51.1 Å². The van der Waals surface area contributed by atoms with Crippen molar-refractivity contribution in [2.24, 2.45) is 0 Å². The smallest absolute Gasteiger partial charge is 0.246 e. The third-order valence-corrected chi connectivity index (χ3v) is 4.91. The Morgan fingerprint density at radius 2 is 2.00 bits per heavy atom. The van der Waals surface area contributed by atoms with Gasteiger partial charge in [-0.15, -0.1) is 0 Å². The van der Waals surface area contributed by atoms with E-state index in [-0.39, 0.29) is 18.4 Å². The summed E-state index contributed by atoms with van der Waals surface area (Å²) in [6.45, 7) is 0.823. The Labute approximate surface area is 176 Å². The number of benzene rings is 2. The second-order valence-corrected chi connectivity index (χ2v) is 7.34. The standard InChI is InChI=1S/C20H18BrClN2O4/c1-24(12-18(25)23-16-5-3-2-4-14(16)21)19(26)7-6-13-10-15(22)20-17(11-13)27-8-9-28-20/h2-7,10-11H,8-9,12H2,1H3,(H,23,25)/b7-6+. The van der Waals surface area contributed by atoms with E-state index in [2.05, 4.69) is 21.2 Å². The molecule has 0 fully saturated rings. The summed E-state index contributed by atoms with van der Waals surface area (Å²) in [6, 6.07) is 10.7. The molecular formula is C20H18BrClN2O4. The Kier molecular flexibility index (Phi) is 6.59. The number of hydrogen-bond acceptors (Lipinski definition) is 4. The third-order valence-electron chi connectivity index (χ3n) is 3.94. The van der Waals surface area contributed by atoms with Gasteiger partial charge < -0.3 is 19.7 Å². The van der Waals surface area contributed by atoms with Crippen LogP contribution >= 0.6 is 27.5 Å². The predicted molar refractivity (Wildman–Crippen MR) is 112 cm³/mol. The van der Waals surface area contributed by atoms with Crippen LogP contribution < -0.4 is 14.8 Å². The van der Waals surface area contributed by atoms with Crippen LogP contribution in [0, 0.1) is 0 Å². The Morgan fingerprint density at radius 1 is 1.25 bits per heavy atom. The number of rotatable bonds is 5. The highest BCUT2D eigenvalue weighted by molar-refractivity contribution is 9.10. The highest BCUT2D eigenvalue weighted by atomic mass is 79.9. The van der Waals surface area contributed by atoms with Gasteiger partial charge in [0.25, 0.3) is 0 Å². The summed E-state index contributed by atoms with van der Waals surface area (Å²) in [6.07, 6.45) is 3.00. The third kappa shape index (κ3) is 5.05. The number of amides is 2. The molecule has 1 heterocycles. The van der Waals surface area contributed by atoms with Crippen LogP contribution in [0.1, 0.15) is 5.56 Å². The molecule has 0 aromatic heterocycles. The first-order chi connectivity index (χ1) is 13.4. The first-order valence-corrected chi connectivity index (χ1v) is 9.68. The lowest BCUT2D eigenvalue weighted by atomic mass is 10.1. The first-order valence-electron chi connectivity index (χ1n) is 8.51. The van der Waals surface area contributed by atoms with Crippen LogP contribution in [0.15, 0.2) is 46.9 Å². The lowest BCUT2D eigenvalue weighted by molar-refractivity contribution is -0.129. The van der Waals surface area contributed by atoms with Crippen molar-refractivity contribution in [3.63, 3.8) is 0 Å². The second-order valence-electron chi connectivity index (χ2n) is 6.08. The van der Waals surface area contributed by atoms with E-state index in [4.69, 9.17) is 21.1 Å². The van der Waals surface area contributed by atoms with Crippen LogP contribution in [0.25, 0.3) is 6.08 Å². The normalized spacial score (nSPS) is 12.7. The number of nitrogens with one attached hydrogen (secondary N) is 1. The van der Waals surface area contributed by atoms with Gasteiger partial charge in [-0.25, -0.2) is 0 Å². The molecule has 2 aromatic rings. The second kappa shape index (κ2) is 9.12. The van der Waals surface area contributed by atoms with Crippen LogP contribution in [0.2, 0.25) is 5.02 Å². The number of likely N-dealkylation sites (N-methyl/N-ethyl adjacent to an activating group) is 1. The van der Waals surface area contributed by atoms with Gasteiger partial charge in [-0.1, -0.05) is 23.7 Å². The van der Waals surface area contributed by atoms with Crippen molar-refractivity contribution in [1.29, 1.82) is 0 Å². The van der Waals surface area contributed by atoms with Gasteiger partial charge in [-0.05, 0) is 51.8 Å². The lowest BCUT2D eigenvalue weighted by Gasteiger charge is -2.19. The van der Waals surface area contributed by atoms with Crippen LogP contribution in [0.3, 0.4) is 0 Å². The Hall–Kier alpha value is -2.51. The average Bonchev–Trinajstić information content (AvgIpc) is 2.68. The fourth-order valence-corrected chi connectivity index (χ4v) is 3.22. The number of ether oxygens (including phenoxy) is 2. The molecular weight excluding hydrogens is 448 g/mol. The number of hydrogen-bond donors (Lipinski definition) is 1. The summed E-state index contributed by atoms with van der Waals surface area (Å²) in [7, 11) is 1.56. The fourth-order valence-electron chi connectivity index (χ4n) is 2.57. The van der Waals surface area contributed by atoms with Gasteiger partial charge in [-0.3, -0.25) is 9.59 Å². The first kappa shape index (κ1) is 20.2. The summed E-state index contributed by atoms with van der Waals surface area (Å²) in [4.78, 5) is 25.8. The van der Waals surface area contributed by atoms with Crippen molar-refractivity contribution in [1.82, 2.24) is 4.90 Å². The van der Waals surface area contributed by atoms with Crippen molar-refractivity contribution < 1.29 is 19.1 Å². The van der Waals surface area contributed by atoms with Gasteiger partial charge in [0.2, 0.25) is 11.8 Å². The molecule has 1 aliphatic heterocycles. The minimum Gasteiger partial charge on any atom is -0.486 e. The molecule has 0 saturated carbocycles. The molecule has 6 nitrogen and oxygen atoms in total. The summed E-state index contributed by atoms with van der Waals surface area (Å²) < 4.78 is 11.8. The molecule has 0 atom stereocenters. The molecule has 3 rings (SSSR count). The maximum Gasteiger partial charge on any atom is 0.246 e. The van der Waals surface area contributed by atoms with Gasteiger partial charge >= 0.3 is 0 Å². The molecule has 1 N–H and O–H groups in total. The quantitative estimate of drug-likeness (QED) is 0.678. The summed E-state index contributed by atoms with van der Waals surface area (Å²) in [5.41, 5.74) is 1.35. The summed E-state index contributed by atoms with van der Waals surface area (Å²) in [5, 5.41) is 3.18. The van der Waals surface area contributed by atoms with E-state index in [0.717, 1.165) is 4.47 Å².